The van der Waals surface area contributed by atoms with Crippen LogP contribution < -0.4 is 0 Å². The molecule has 0 saturated heterocycles. The van der Waals surface area contributed by atoms with Gasteiger partial charge in [0.2, 0.25) is 0 Å². The van der Waals surface area contributed by atoms with Gasteiger partial charge in [-0.25, -0.2) is 0 Å². The minimum absolute atomic E-state index is 0.564. The van der Waals surface area contributed by atoms with E-state index >= 15 is 0 Å². The van der Waals surface area contributed by atoms with Crippen molar-refractivity contribution in [3.63, 3.8) is 0 Å². The summed E-state index contributed by atoms with van der Waals surface area (Å²) in [6.45, 7) is 17.1. The van der Waals surface area contributed by atoms with E-state index in [9.17, 15) is 0 Å². The Kier molecular flexibility index (Phi) is 12.7. The fourth-order valence-corrected chi connectivity index (χ4v) is 1.60. The molecule has 0 aromatic carbocycles. The molecule has 1 saturated carbocycles. The van der Waals surface area contributed by atoms with E-state index in [0.29, 0.717) is 5.41 Å². The molecule has 0 aromatic heterocycles. The predicted octanol–water partition coefficient (Wildman–Crippen LogP) is 6.37. The monoisotopic (exact) mass is 226 g/mol. The van der Waals surface area contributed by atoms with E-state index in [1.54, 1.807) is 0 Å². The van der Waals surface area contributed by atoms with Crippen LogP contribution in [0.2, 0.25) is 0 Å². The predicted molar refractivity (Wildman–Crippen MR) is 77.9 cm³/mol. The van der Waals surface area contributed by atoms with E-state index in [-0.39, 0.29) is 0 Å². The van der Waals surface area contributed by atoms with E-state index < -0.39 is 0 Å². The van der Waals surface area contributed by atoms with Gasteiger partial charge in [0.1, 0.15) is 0 Å². The van der Waals surface area contributed by atoms with E-state index in [4.69, 9.17) is 0 Å². The number of hydrogen-bond donors (Lipinski definition) is 0. The summed E-state index contributed by atoms with van der Waals surface area (Å²) in [4.78, 5) is 0. The second kappa shape index (κ2) is 11.2. The minimum Gasteiger partial charge on any atom is -0.0993 e. The Morgan fingerprint density at radius 2 is 1.38 bits per heavy atom. The zero-order valence-electron chi connectivity index (χ0n) is 12.7. The van der Waals surface area contributed by atoms with Crippen LogP contribution in [-0.2, 0) is 0 Å². The number of allylic oxidation sites excluding steroid dienone is 1. The molecule has 1 fully saturated rings. The topological polar surface area (TPSA) is 0 Å². The van der Waals surface area contributed by atoms with Gasteiger partial charge in [0.15, 0.2) is 0 Å². The quantitative estimate of drug-likeness (QED) is 0.489. The second-order valence-electron chi connectivity index (χ2n) is 5.15. The van der Waals surface area contributed by atoms with Crippen LogP contribution in [0.4, 0.5) is 0 Å². The first-order valence-electron chi connectivity index (χ1n) is 7.20. The SMILES string of the molecule is C=C1CC1(C)CCC.CCC.CCCCC. The van der Waals surface area contributed by atoms with Gasteiger partial charge in [-0.05, 0) is 18.3 Å². The standard InChI is InChI=1S/C8H14.C5H12.C3H8/c1-4-5-8(3)6-7(8)2;1-3-5-4-2;1-3-2/h2,4-6H2,1,3H3;3-5H2,1-2H3;3H2,1-2H3. The average Bonchev–Trinajstić information content (AvgIpc) is 2.78. The number of unbranched alkanes of at least 4 members (excludes halogenated alkanes) is 2. The van der Waals surface area contributed by atoms with Gasteiger partial charge in [0.05, 0.1) is 0 Å². The molecule has 0 aromatic rings. The van der Waals surface area contributed by atoms with Crippen molar-refractivity contribution in [3.05, 3.63) is 12.2 Å². The van der Waals surface area contributed by atoms with Crippen LogP contribution in [0, 0.1) is 5.41 Å². The van der Waals surface area contributed by atoms with Gasteiger partial charge in [-0.1, -0.05) is 85.8 Å². The van der Waals surface area contributed by atoms with Crippen LogP contribution in [0.3, 0.4) is 0 Å². The molecular formula is C16H34. The summed E-state index contributed by atoms with van der Waals surface area (Å²) in [5, 5.41) is 0. The first-order valence-corrected chi connectivity index (χ1v) is 7.20. The summed E-state index contributed by atoms with van der Waals surface area (Å²) in [6, 6.07) is 0. The van der Waals surface area contributed by atoms with Crippen molar-refractivity contribution < 1.29 is 0 Å². The smallest absolute Gasteiger partial charge is 0.00816 e. The summed E-state index contributed by atoms with van der Waals surface area (Å²) in [5.41, 5.74) is 2.02. The molecule has 1 aliphatic carbocycles. The largest absolute Gasteiger partial charge is 0.0993 e. The summed E-state index contributed by atoms with van der Waals surface area (Å²) < 4.78 is 0. The molecule has 16 heavy (non-hydrogen) atoms. The van der Waals surface area contributed by atoms with Crippen LogP contribution in [0.1, 0.15) is 86.5 Å². The third kappa shape index (κ3) is 10.3. The Morgan fingerprint density at radius 1 is 1.00 bits per heavy atom. The van der Waals surface area contributed by atoms with Crippen molar-refractivity contribution in [2.24, 2.45) is 5.41 Å². The highest BCUT2D eigenvalue weighted by molar-refractivity contribution is 5.27. The van der Waals surface area contributed by atoms with Gasteiger partial charge in [-0.2, -0.15) is 0 Å². The van der Waals surface area contributed by atoms with Gasteiger partial charge in [-0.15, -0.1) is 0 Å². The maximum Gasteiger partial charge on any atom is -0.00816 e. The molecule has 0 spiro atoms. The molecule has 0 aliphatic heterocycles. The van der Waals surface area contributed by atoms with E-state index in [0.717, 1.165) is 0 Å². The average molecular weight is 226 g/mol. The van der Waals surface area contributed by atoms with E-state index in [1.165, 1.54) is 50.5 Å². The molecule has 1 rings (SSSR count). The molecule has 1 unspecified atom stereocenters. The molecule has 98 valence electrons. The van der Waals surface area contributed by atoms with Gasteiger partial charge < -0.3 is 0 Å². The zero-order chi connectivity index (χ0) is 13.0. The van der Waals surface area contributed by atoms with Crippen LogP contribution in [0.5, 0.6) is 0 Å². The molecule has 0 amide bonds. The van der Waals surface area contributed by atoms with Crippen molar-refractivity contribution in [2.45, 2.75) is 86.5 Å². The lowest BCUT2D eigenvalue weighted by Crippen LogP contribution is -1.89. The Morgan fingerprint density at radius 3 is 1.44 bits per heavy atom. The Balaban J connectivity index is 0. The van der Waals surface area contributed by atoms with Crippen molar-refractivity contribution in [1.82, 2.24) is 0 Å². The first-order chi connectivity index (χ1) is 7.52. The van der Waals surface area contributed by atoms with Crippen molar-refractivity contribution in [1.29, 1.82) is 0 Å². The summed E-state index contributed by atoms with van der Waals surface area (Å²) >= 11 is 0. The van der Waals surface area contributed by atoms with E-state index in [1.807, 2.05) is 0 Å². The minimum atomic E-state index is 0.564. The molecule has 0 heterocycles. The van der Waals surface area contributed by atoms with Crippen LogP contribution >= 0.6 is 0 Å². The van der Waals surface area contributed by atoms with Crippen LogP contribution in [0.15, 0.2) is 12.2 Å². The highest BCUT2D eigenvalue weighted by atomic mass is 14.4. The summed E-state index contributed by atoms with van der Waals surface area (Å²) in [6.07, 6.45) is 9.25. The molecule has 0 nitrogen and oxygen atoms in total. The zero-order valence-corrected chi connectivity index (χ0v) is 12.7. The first kappa shape index (κ1) is 18.1. The molecule has 0 heteroatoms. The van der Waals surface area contributed by atoms with Gasteiger partial charge >= 0.3 is 0 Å². The van der Waals surface area contributed by atoms with Crippen molar-refractivity contribution in [3.8, 4) is 0 Å². The second-order valence-corrected chi connectivity index (χ2v) is 5.15. The third-order valence-corrected chi connectivity index (χ3v) is 2.84. The normalized spacial score (nSPS) is 21.5. The molecular weight excluding hydrogens is 192 g/mol. The Labute approximate surface area is 105 Å². The third-order valence-electron chi connectivity index (χ3n) is 2.84. The molecule has 0 N–H and O–H groups in total. The highest BCUT2D eigenvalue weighted by Gasteiger charge is 2.40. The van der Waals surface area contributed by atoms with Gasteiger partial charge in [0.25, 0.3) is 0 Å². The molecule has 0 radical (unpaired) electrons. The Hall–Kier alpha value is -0.260. The molecule has 1 aliphatic rings. The number of hydrogen-bond acceptors (Lipinski definition) is 0. The maximum absolute atomic E-state index is 3.94. The van der Waals surface area contributed by atoms with E-state index in [2.05, 4.69) is 48.1 Å². The maximum atomic E-state index is 3.94. The lowest BCUT2D eigenvalue weighted by molar-refractivity contribution is 0.535. The number of rotatable bonds is 4. The molecule has 1 atom stereocenters. The lowest BCUT2D eigenvalue weighted by Gasteiger charge is -2.01. The van der Waals surface area contributed by atoms with Crippen molar-refractivity contribution >= 4 is 0 Å². The van der Waals surface area contributed by atoms with Crippen LogP contribution in [-0.4, -0.2) is 0 Å². The lowest BCUT2D eigenvalue weighted by atomic mass is 10.0. The fourth-order valence-electron chi connectivity index (χ4n) is 1.60. The summed E-state index contributed by atoms with van der Waals surface area (Å²) in [7, 11) is 0. The van der Waals surface area contributed by atoms with Crippen LogP contribution in [0.25, 0.3) is 0 Å². The highest BCUT2D eigenvalue weighted by Crippen LogP contribution is 2.53. The Bertz CT molecular complexity index is 155. The van der Waals surface area contributed by atoms with Crippen molar-refractivity contribution in [2.75, 3.05) is 0 Å². The molecule has 0 bridgehead atoms. The fraction of sp³-hybridized carbons (Fsp3) is 0.875. The summed E-state index contributed by atoms with van der Waals surface area (Å²) in [5.74, 6) is 0. The van der Waals surface area contributed by atoms with Gasteiger partial charge in [-0.3, -0.25) is 0 Å². The van der Waals surface area contributed by atoms with Gasteiger partial charge in [0, 0.05) is 0 Å².